The normalized spacial score (nSPS) is 12.2. The Balaban J connectivity index is 2.44. The predicted octanol–water partition coefficient (Wildman–Crippen LogP) is 5.89. The van der Waals surface area contributed by atoms with Crippen molar-refractivity contribution in [3.05, 3.63) is 70.3 Å². The second kappa shape index (κ2) is 9.09. The maximum Gasteiger partial charge on any atom is 0.253 e. The topological polar surface area (TPSA) is 46.6 Å². The molecule has 0 saturated heterocycles. The van der Waals surface area contributed by atoms with Crippen LogP contribution in [0.2, 0.25) is 0 Å². The van der Waals surface area contributed by atoms with E-state index in [0.717, 1.165) is 16.9 Å². The van der Waals surface area contributed by atoms with Crippen LogP contribution in [0, 0.1) is 0 Å². The number of hydrogen-bond acceptors (Lipinski definition) is 3. The van der Waals surface area contributed by atoms with Gasteiger partial charge >= 0.3 is 0 Å². The van der Waals surface area contributed by atoms with Crippen LogP contribution in [0.15, 0.2) is 42.5 Å². The smallest absolute Gasteiger partial charge is 0.253 e. The number of carbonyl (C=O) groups is 2. The van der Waals surface area contributed by atoms with Gasteiger partial charge in [-0.25, -0.2) is 0 Å². The summed E-state index contributed by atoms with van der Waals surface area (Å²) >= 11 is 0. The van der Waals surface area contributed by atoms with Crippen molar-refractivity contribution in [2.45, 2.75) is 52.4 Å². The summed E-state index contributed by atoms with van der Waals surface area (Å²) in [6.45, 7) is 13.0. The summed E-state index contributed by atoms with van der Waals surface area (Å²) in [5.41, 5.74) is 4.14. The van der Waals surface area contributed by atoms with Crippen molar-refractivity contribution in [1.29, 1.82) is 0 Å². The van der Waals surface area contributed by atoms with Crippen LogP contribution in [0.25, 0.3) is 6.08 Å². The van der Waals surface area contributed by atoms with Crippen LogP contribution < -0.4 is 4.74 Å². The minimum absolute atomic E-state index is 0.0341. The van der Waals surface area contributed by atoms with Gasteiger partial charge in [-0.3, -0.25) is 9.59 Å². The van der Waals surface area contributed by atoms with Gasteiger partial charge in [-0.1, -0.05) is 59.7 Å². The summed E-state index contributed by atoms with van der Waals surface area (Å²) < 4.78 is 5.77. The van der Waals surface area contributed by atoms with Gasteiger partial charge in [0.1, 0.15) is 5.75 Å². The van der Waals surface area contributed by atoms with E-state index in [-0.39, 0.29) is 22.5 Å². The quantitative estimate of drug-likeness (QED) is 0.447. The number of ketones is 1. The second-order valence-electron chi connectivity index (χ2n) is 10.1. The lowest BCUT2D eigenvalue weighted by Gasteiger charge is -2.28. The molecule has 4 nitrogen and oxygen atoms in total. The second-order valence-corrected chi connectivity index (χ2v) is 10.1. The van der Waals surface area contributed by atoms with E-state index < -0.39 is 0 Å². The molecule has 2 aromatic carbocycles. The molecule has 0 atom stereocenters. The first-order chi connectivity index (χ1) is 14.3. The number of methoxy groups -OCH3 is 1. The Bertz CT molecular complexity index is 985. The number of carbonyl (C=O) groups excluding carboxylic acids is 2. The molecular weight excluding hydrogens is 386 g/mol. The van der Waals surface area contributed by atoms with E-state index in [1.807, 2.05) is 6.08 Å². The fourth-order valence-corrected chi connectivity index (χ4v) is 3.29. The minimum Gasteiger partial charge on any atom is -0.496 e. The SMILES string of the molecule is COc1c(C=CC(=O)c2ccc(C(=O)N(C)C)cc2)cc(C(C)(C)C)cc1C(C)(C)C. The van der Waals surface area contributed by atoms with E-state index in [4.69, 9.17) is 4.74 Å². The maximum absolute atomic E-state index is 12.8. The molecule has 0 heterocycles. The van der Waals surface area contributed by atoms with Gasteiger partial charge in [0.05, 0.1) is 7.11 Å². The summed E-state index contributed by atoms with van der Waals surface area (Å²) in [5, 5.41) is 0. The van der Waals surface area contributed by atoms with Gasteiger partial charge in [0.15, 0.2) is 5.78 Å². The number of allylic oxidation sites excluding steroid dienone is 1. The summed E-state index contributed by atoms with van der Waals surface area (Å²) in [6, 6.07) is 11.0. The Morgan fingerprint density at radius 2 is 1.42 bits per heavy atom. The van der Waals surface area contributed by atoms with Crippen molar-refractivity contribution in [2.24, 2.45) is 0 Å². The molecule has 0 radical (unpaired) electrons. The molecule has 0 aromatic heterocycles. The van der Waals surface area contributed by atoms with Gasteiger partial charge in [-0.05, 0) is 46.7 Å². The number of benzene rings is 2. The molecule has 2 aromatic rings. The Morgan fingerprint density at radius 3 is 1.87 bits per heavy atom. The molecule has 0 bridgehead atoms. The number of ether oxygens (including phenoxy) is 1. The van der Waals surface area contributed by atoms with Crippen LogP contribution in [0.3, 0.4) is 0 Å². The predicted molar refractivity (Wildman–Crippen MR) is 128 cm³/mol. The van der Waals surface area contributed by atoms with Gasteiger partial charge in [0.25, 0.3) is 5.91 Å². The molecule has 0 aliphatic carbocycles. The number of rotatable bonds is 5. The van der Waals surface area contributed by atoms with Gasteiger partial charge in [0.2, 0.25) is 0 Å². The highest BCUT2D eigenvalue weighted by atomic mass is 16.5. The van der Waals surface area contributed by atoms with Crippen LogP contribution in [0.4, 0.5) is 0 Å². The first kappa shape index (κ1) is 24.4. The first-order valence-electron chi connectivity index (χ1n) is 10.5. The van der Waals surface area contributed by atoms with Crippen LogP contribution in [0.5, 0.6) is 5.75 Å². The lowest BCUT2D eigenvalue weighted by molar-refractivity contribution is 0.0827. The van der Waals surface area contributed by atoms with E-state index >= 15 is 0 Å². The summed E-state index contributed by atoms with van der Waals surface area (Å²) in [5.74, 6) is 0.578. The molecule has 0 aliphatic heterocycles. The van der Waals surface area contributed by atoms with Crippen molar-refractivity contribution in [3.8, 4) is 5.75 Å². The van der Waals surface area contributed by atoms with Crippen LogP contribution >= 0.6 is 0 Å². The van der Waals surface area contributed by atoms with Crippen molar-refractivity contribution in [3.63, 3.8) is 0 Å². The molecule has 4 heteroatoms. The lowest BCUT2D eigenvalue weighted by atomic mass is 9.79. The number of amides is 1. The van der Waals surface area contributed by atoms with Crippen LogP contribution in [-0.4, -0.2) is 37.8 Å². The highest BCUT2D eigenvalue weighted by molar-refractivity contribution is 6.07. The minimum atomic E-state index is -0.121. The molecule has 0 spiro atoms. The Labute approximate surface area is 186 Å². The fraction of sp³-hybridized carbons (Fsp3) is 0.407. The van der Waals surface area contributed by atoms with Crippen molar-refractivity contribution in [2.75, 3.05) is 21.2 Å². The van der Waals surface area contributed by atoms with Crippen molar-refractivity contribution < 1.29 is 14.3 Å². The van der Waals surface area contributed by atoms with Gasteiger partial charge < -0.3 is 9.64 Å². The highest BCUT2D eigenvalue weighted by Crippen LogP contribution is 2.38. The van der Waals surface area contributed by atoms with Crippen molar-refractivity contribution >= 4 is 17.8 Å². The Hall–Kier alpha value is -2.88. The summed E-state index contributed by atoms with van der Waals surface area (Å²) in [7, 11) is 5.07. The van der Waals surface area contributed by atoms with E-state index in [9.17, 15) is 9.59 Å². The number of hydrogen-bond donors (Lipinski definition) is 0. The molecule has 0 aliphatic rings. The van der Waals surface area contributed by atoms with E-state index in [1.54, 1.807) is 51.5 Å². The zero-order chi connectivity index (χ0) is 23.6. The average Bonchev–Trinajstić information content (AvgIpc) is 2.69. The third-order valence-electron chi connectivity index (χ3n) is 5.23. The lowest BCUT2D eigenvalue weighted by Crippen LogP contribution is -2.21. The van der Waals surface area contributed by atoms with E-state index in [2.05, 4.69) is 53.7 Å². The number of nitrogens with zero attached hydrogens (tertiary/aromatic N) is 1. The molecule has 31 heavy (non-hydrogen) atoms. The zero-order valence-corrected chi connectivity index (χ0v) is 20.3. The van der Waals surface area contributed by atoms with Gasteiger partial charge in [0, 0.05) is 36.3 Å². The third kappa shape index (κ3) is 5.84. The monoisotopic (exact) mass is 421 g/mol. The van der Waals surface area contributed by atoms with E-state index in [0.29, 0.717) is 11.1 Å². The molecule has 0 unspecified atom stereocenters. The molecule has 1 amide bonds. The first-order valence-corrected chi connectivity index (χ1v) is 10.5. The summed E-state index contributed by atoms with van der Waals surface area (Å²) in [4.78, 5) is 26.3. The van der Waals surface area contributed by atoms with Crippen molar-refractivity contribution in [1.82, 2.24) is 4.90 Å². The molecule has 2 rings (SSSR count). The average molecular weight is 422 g/mol. The highest BCUT2D eigenvalue weighted by Gasteiger charge is 2.25. The van der Waals surface area contributed by atoms with Gasteiger partial charge in [-0.2, -0.15) is 0 Å². The molecule has 0 N–H and O–H groups in total. The Kier molecular flexibility index (Phi) is 7.15. The molecular formula is C27H35NO3. The largest absolute Gasteiger partial charge is 0.496 e. The van der Waals surface area contributed by atoms with Crippen LogP contribution in [-0.2, 0) is 10.8 Å². The Morgan fingerprint density at radius 1 is 0.871 bits per heavy atom. The maximum atomic E-state index is 12.8. The third-order valence-corrected chi connectivity index (χ3v) is 5.23. The van der Waals surface area contributed by atoms with E-state index in [1.165, 1.54) is 10.5 Å². The summed E-state index contributed by atoms with van der Waals surface area (Å²) in [6.07, 6.45) is 3.39. The standard InChI is InChI=1S/C27H35NO3/c1-26(2,3)21-16-20(24(31-9)22(17-21)27(4,5)6)14-15-23(29)18-10-12-19(13-11-18)25(30)28(7)8/h10-17H,1-9H3. The zero-order valence-electron chi connectivity index (χ0n) is 20.3. The molecule has 0 fully saturated rings. The van der Waals surface area contributed by atoms with Gasteiger partial charge in [-0.15, -0.1) is 0 Å². The fourth-order valence-electron chi connectivity index (χ4n) is 3.29. The van der Waals surface area contributed by atoms with Crippen LogP contribution in [0.1, 0.15) is 78.9 Å². The molecule has 0 saturated carbocycles. The molecule has 166 valence electrons.